The van der Waals surface area contributed by atoms with E-state index in [4.69, 9.17) is 16.3 Å². The summed E-state index contributed by atoms with van der Waals surface area (Å²) in [4.78, 5) is 19.6. The number of hydrogen-bond donors (Lipinski definition) is 2. The van der Waals surface area contributed by atoms with Crippen molar-refractivity contribution in [2.75, 3.05) is 19.0 Å². The topological polar surface area (TPSA) is 76.1 Å². The molecule has 0 aliphatic carbocycles. The summed E-state index contributed by atoms with van der Waals surface area (Å²) in [5, 5.41) is 6.02. The fourth-order valence-corrected chi connectivity index (χ4v) is 1.47. The normalized spacial score (nSPS) is 11.2. The van der Waals surface area contributed by atoms with Gasteiger partial charge in [-0.3, -0.25) is 10.1 Å². The van der Waals surface area contributed by atoms with Gasteiger partial charge in [0, 0.05) is 24.6 Å². The summed E-state index contributed by atoms with van der Waals surface area (Å²) in [5.41, 5.74) is -0.0178. The second-order valence-corrected chi connectivity index (χ2v) is 5.42. The fourth-order valence-electron chi connectivity index (χ4n) is 1.30. The molecule has 106 valence electrons. The lowest BCUT2D eigenvalue weighted by molar-refractivity contribution is -0.116. The first-order chi connectivity index (χ1) is 8.80. The highest BCUT2D eigenvalue weighted by molar-refractivity contribution is 6.29. The van der Waals surface area contributed by atoms with Crippen molar-refractivity contribution in [2.45, 2.75) is 32.7 Å². The summed E-state index contributed by atoms with van der Waals surface area (Å²) in [5.74, 6) is 0.272. The van der Waals surface area contributed by atoms with E-state index in [0.717, 1.165) is 0 Å². The first kappa shape index (κ1) is 15.7. The number of carbonyl (C=O) groups excluding carboxylic acids is 1. The minimum Gasteiger partial charge on any atom is -0.481 e. The quantitative estimate of drug-likeness (QED) is 0.808. The number of amides is 1. The molecular weight excluding hydrogens is 268 g/mol. The van der Waals surface area contributed by atoms with E-state index in [0.29, 0.717) is 18.8 Å². The monoisotopic (exact) mass is 286 g/mol. The third kappa shape index (κ3) is 6.35. The van der Waals surface area contributed by atoms with Gasteiger partial charge in [0.1, 0.15) is 5.15 Å². The van der Waals surface area contributed by atoms with Crippen LogP contribution in [0.15, 0.2) is 6.07 Å². The van der Waals surface area contributed by atoms with Crippen molar-refractivity contribution in [2.24, 2.45) is 0 Å². The van der Waals surface area contributed by atoms with Crippen molar-refractivity contribution < 1.29 is 9.53 Å². The molecule has 1 heterocycles. The summed E-state index contributed by atoms with van der Waals surface area (Å²) in [7, 11) is 1.47. The molecule has 0 saturated carbocycles. The van der Waals surface area contributed by atoms with Crippen LogP contribution in [0.1, 0.15) is 27.2 Å². The number of nitrogens with one attached hydrogen (secondary N) is 2. The van der Waals surface area contributed by atoms with E-state index in [-0.39, 0.29) is 22.5 Å². The molecule has 2 N–H and O–H groups in total. The predicted molar refractivity (Wildman–Crippen MR) is 74.6 cm³/mol. The number of aromatic nitrogens is 2. The molecule has 0 unspecified atom stereocenters. The Bertz CT molecular complexity index is 446. The maximum Gasteiger partial charge on any atom is 0.234 e. The maximum absolute atomic E-state index is 11.7. The Kier molecular flexibility index (Phi) is 5.50. The van der Waals surface area contributed by atoms with Gasteiger partial charge in [-0.05, 0) is 20.8 Å². The van der Waals surface area contributed by atoms with Gasteiger partial charge in [-0.1, -0.05) is 11.6 Å². The van der Waals surface area contributed by atoms with Gasteiger partial charge in [-0.25, -0.2) is 4.98 Å². The number of nitrogens with zero attached hydrogens (tertiary/aromatic N) is 2. The predicted octanol–water partition coefficient (Wildman–Crippen LogP) is 1.86. The summed E-state index contributed by atoms with van der Waals surface area (Å²) in [6, 6.07) is 1.47. The average Bonchev–Trinajstić information content (AvgIpc) is 2.26. The van der Waals surface area contributed by atoms with Gasteiger partial charge in [0.15, 0.2) is 0 Å². The lowest BCUT2D eigenvalue weighted by atomic mass is 10.1. The Hall–Kier alpha value is -1.40. The Balaban J connectivity index is 2.50. The van der Waals surface area contributed by atoms with Crippen molar-refractivity contribution in [3.8, 4) is 5.88 Å². The zero-order chi connectivity index (χ0) is 14.5. The Morgan fingerprint density at radius 1 is 1.42 bits per heavy atom. The van der Waals surface area contributed by atoms with Crippen LogP contribution in [-0.2, 0) is 4.79 Å². The van der Waals surface area contributed by atoms with Crippen molar-refractivity contribution >= 4 is 23.5 Å². The van der Waals surface area contributed by atoms with Gasteiger partial charge in [0.05, 0.1) is 7.11 Å². The van der Waals surface area contributed by atoms with E-state index in [1.165, 1.54) is 13.2 Å². The number of halogens is 1. The molecule has 0 radical (unpaired) electrons. The Labute approximate surface area is 117 Å². The van der Waals surface area contributed by atoms with Crippen molar-refractivity contribution in [1.29, 1.82) is 0 Å². The first-order valence-corrected chi connectivity index (χ1v) is 6.31. The first-order valence-electron chi connectivity index (χ1n) is 5.93. The van der Waals surface area contributed by atoms with Crippen LogP contribution in [0.25, 0.3) is 0 Å². The van der Waals surface area contributed by atoms with Crippen LogP contribution in [0, 0.1) is 0 Å². The smallest absolute Gasteiger partial charge is 0.234 e. The van der Waals surface area contributed by atoms with E-state index in [1.807, 2.05) is 20.8 Å². The van der Waals surface area contributed by atoms with Crippen LogP contribution in [0.5, 0.6) is 5.88 Å². The summed E-state index contributed by atoms with van der Waals surface area (Å²) < 4.78 is 4.94. The Morgan fingerprint density at radius 3 is 2.68 bits per heavy atom. The van der Waals surface area contributed by atoms with Crippen LogP contribution in [0.4, 0.5) is 5.95 Å². The second kappa shape index (κ2) is 6.68. The molecule has 6 nitrogen and oxygen atoms in total. The summed E-state index contributed by atoms with van der Waals surface area (Å²) in [6.45, 7) is 6.69. The molecule has 0 saturated heterocycles. The number of methoxy groups -OCH3 is 1. The maximum atomic E-state index is 11.7. The molecule has 0 aliphatic rings. The SMILES string of the molecule is COc1cc(Cl)nc(NC(=O)CCNC(C)(C)C)n1. The number of hydrogen-bond acceptors (Lipinski definition) is 5. The molecule has 7 heteroatoms. The largest absolute Gasteiger partial charge is 0.481 e. The fraction of sp³-hybridized carbons (Fsp3) is 0.583. The van der Waals surface area contributed by atoms with Crippen molar-refractivity contribution in [1.82, 2.24) is 15.3 Å². The Morgan fingerprint density at radius 2 is 2.11 bits per heavy atom. The zero-order valence-electron chi connectivity index (χ0n) is 11.6. The van der Waals surface area contributed by atoms with Gasteiger partial charge in [-0.15, -0.1) is 0 Å². The number of ether oxygens (including phenoxy) is 1. The van der Waals surface area contributed by atoms with E-state index in [2.05, 4.69) is 20.6 Å². The van der Waals surface area contributed by atoms with E-state index >= 15 is 0 Å². The second-order valence-electron chi connectivity index (χ2n) is 5.03. The van der Waals surface area contributed by atoms with Crippen LogP contribution < -0.4 is 15.4 Å². The van der Waals surface area contributed by atoms with Crippen LogP contribution >= 0.6 is 11.6 Å². The molecule has 1 aromatic rings. The minimum absolute atomic E-state index is 0.0178. The highest BCUT2D eigenvalue weighted by atomic mass is 35.5. The summed E-state index contributed by atoms with van der Waals surface area (Å²) in [6.07, 6.45) is 0.329. The molecule has 0 aromatic carbocycles. The molecule has 0 spiro atoms. The zero-order valence-corrected chi connectivity index (χ0v) is 12.3. The van der Waals surface area contributed by atoms with E-state index in [9.17, 15) is 4.79 Å². The average molecular weight is 287 g/mol. The molecular formula is C12H19ClN4O2. The number of rotatable bonds is 5. The minimum atomic E-state index is -0.180. The molecule has 1 amide bonds. The van der Waals surface area contributed by atoms with Crippen molar-refractivity contribution in [3.63, 3.8) is 0 Å². The number of carbonyl (C=O) groups is 1. The molecule has 0 aliphatic heterocycles. The molecule has 1 aromatic heterocycles. The summed E-state index contributed by atoms with van der Waals surface area (Å²) >= 11 is 5.78. The van der Waals surface area contributed by atoms with Crippen LogP contribution in [0.3, 0.4) is 0 Å². The third-order valence-corrected chi connectivity index (χ3v) is 2.33. The van der Waals surface area contributed by atoms with Crippen molar-refractivity contribution in [3.05, 3.63) is 11.2 Å². The molecule has 0 fully saturated rings. The molecule has 0 atom stereocenters. The lowest BCUT2D eigenvalue weighted by Gasteiger charge is -2.20. The van der Waals surface area contributed by atoms with E-state index < -0.39 is 0 Å². The standard InChI is InChI=1S/C12H19ClN4O2/c1-12(2,3)14-6-5-9(18)16-11-15-8(13)7-10(17-11)19-4/h7,14H,5-6H2,1-4H3,(H,15,16,17,18). The molecule has 0 bridgehead atoms. The van der Waals surface area contributed by atoms with Gasteiger partial charge in [-0.2, -0.15) is 4.98 Å². The lowest BCUT2D eigenvalue weighted by Crippen LogP contribution is -2.37. The molecule has 19 heavy (non-hydrogen) atoms. The van der Waals surface area contributed by atoms with Gasteiger partial charge >= 0.3 is 0 Å². The van der Waals surface area contributed by atoms with Crippen LogP contribution in [-0.4, -0.2) is 35.1 Å². The highest BCUT2D eigenvalue weighted by Gasteiger charge is 2.11. The van der Waals surface area contributed by atoms with Gasteiger partial charge in [0.2, 0.25) is 17.7 Å². The number of anilines is 1. The molecule has 1 rings (SSSR count). The van der Waals surface area contributed by atoms with E-state index in [1.54, 1.807) is 0 Å². The highest BCUT2D eigenvalue weighted by Crippen LogP contribution is 2.15. The van der Waals surface area contributed by atoms with Gasteiger partial charge in [0.25, 0.3) is 0 Å². The van der Waals surface area contributed by atoms with Gasteiger partial charge < -0.3 is 10.1 Å². The third-order valence-electron chi connectivity index (χ3n) is 2.14. The van der Waals surface area contributed by atoms with Crippen LogP contribution in [0.2, 0.25) is 5.15 Å².